The summed E-state index contributed by atoms with van der Waals surface area (Å²) in [4.78, 5) is 0. The zero-order valence-electron chi connectivity index (χ0n) is 35.9. The van der Waals surface area contributed by atoms with Crippen molar-refractivity contribution >= 4 is 91.4 Å². The Bertz CT molecular complexity index is 3530. The van der Waals surface area contributed by atoms with E-state index in [1.165, 1.54) is 12.1 Å². The lowest BCUT2D eigenvalue weighted by molar-refractivity contribution is -0.137. The molecular formula is C58H42F3O2PSi. The van der Waals surface area contributed by atoms with E-state index in [2.05, 4.69) is 103 Å². The Morgan fingerprint density at radius 2 is 0.954 bits per heavy atom. The topological polar surface area (TPSA) is 33.4 Å². The number of hydrogen-bond acceptors (Lipinski definition) is 2. The number of aromatic hydroxyl groups is 1. The van der Waals surface area contributed by atoms with Gasteiger partial charge < -0.3 is 9.52 Å². The molecule has 0 aliphatic rings. The van der Waals surface area contributed by atoms with Gasteiger partial charge in [0.2, 0.25) is 0 Å². The first-order chi connectivity index (χ1) is 31.4. The molecule has 0 spiro atoms. The van der Waals surface area contributed by atoms with E-state index in [0.717, 1.165) is 87.2 Å². The van der Waals surface area contributed by atoms with Gasteiger partial charge in [0, 0.05) is 29.5 Å². The zero-order valence-corrected chi connectivity index (χ0v) is 37.8. The summed E-state index contributed by atoms with van der Waals surface area (Å²) in [6.07, 6.45) is -4.69. The fraction of sp³-hybridized carbons (Fsp3) is 0.0690. The van der Waals surface area contributed by atoms with Crippen molar-refractivity contribution in [2.24, 2.45) is 0 Å². The van der Waals surface area contributed by atoms with Crippen LogP contribution in [0.3, 0.4) is 0 Å². The highest BCUT2D eigenvalue weighted by atomic mass is 31.1. The third-order valence-corrected chi connectivity index (χ3v) is 17.1. The van der Waals surface area contributed by atoms with E-state index in [1.54, 1.807) is 0 Å². The van der Waals surface area contributed by atoms with Crippen molar-refractivity contribution < 1.29 is 22.7 Å². The van der Waals surface area contributed by atoms with Crippen molar-refractivity contribution in [2.45, 2.75) is 25.8 Å². The Hall–Kier alpha value is -6.98. The number of halogens is 3. The fourth-order valence-electron chi connectivity index (χ4n) is 9.55. The molecule has 10 aromatic carbocycles. The largest absolute Gasteiger partial charge is 0.507 e. The second kappa shape index (κ2) is 15.6. The molecule has 1 N–H and O–H groups in total. The third kappa shape index (κ3) is 7.09. The second-order valence-electron chi connectivity index (χ2n) is 17.8. The number of phenolic OH excluding ortho intramolecular Hbond substituents is 1. The van der Waals surface area contributed by atoms with Crippen LogP contribution in [0.4, 0.5) is 13.2 Å². The van der Waals surface area contributed by atoms with E-state index < -0.39 is 27.7 Å². The molecule has 0 saturated carbocycles. The molecule has 2 nitrogen and oxygen atoms in total. The van der Waals surface area contributed by atoms with Gasteiger partial charge >= 0.3 is 6.18 Å². The van der Waals surface area contributed by atoms with Crippen LogP contribution in [-0.2, 0) is 6.18 Å². The first-order valence-corrected chi connectivity index (χ1v) is 26.6. The van der Waals surface area contributed by atoms with Crippen LogP contribution < -0.4 is 21.3 Å². The molecule has 1 atom stereocenters. The van der Waals surface area contributed by atoms with Gasteiger partial charge in [-0.25, -0.2) is 0 Å². The summed E-state index contributed by atoms with van der Waals surface area (Å²) < 4.78 is 53.5. The lowest BCUT2D eigenvalue weighted by Gasteiger charge is -2.29. The minimum atomic E-state index is -4.69. The predicted molar refractivity (Wildman–Crippen MR) is 271 cm³/mol. The molecule has 1 heterocycles. The number of furan rings is 1. The molecule has 0 bridgehead atoms. The molecule has 65 heavy (non-hydrogen) atoms. The Balaban J connectivity index is 1.36. The molecular weight excluding hydrogens is 845 g/mol. The molecule has 0 amide bonds. The van der Waals surface area contributed by atoms with Gasteiger partial charge in [-0.2, -0.15) is 13.2 Å². The van der Waals surface area contributed by atoms with Gasteiger partial charge in [-0.1, -0.05) is 171 Å². The minimum Gasteiger partial charge on any atom is -0.507 e. The minimum absolute atomic E-state index is 0.115. The van der Waals surface area contributed by atoms with E-state index >= 15 is 13.2 Å². The number of benzene rings is 10. The second-order valence-corrected chi connectivity index (χ2v) is 24.8. The maximum Gasteiger partial charge on any atom is 0.416 e. The lowest BCUT2D eigenvalue weighted by atomic mass is 9.91. The van der Waals surface area contributed by atoms with Gasteiger partial charge in [0.15, 0.2) is 0 Å². The van der Waals surface area contributed by atoms with Crippen molar-refractivity contribution in [3.05, 3.63) is 200 Å². The van der Waals surface area contributed by atoms with Crippen LogP contribution >= 0.6 is 7.92 Å². The Morgan fingerprint density at radius 3 is 1.51 bits per heavy atom. The van der Waals surface area contributed by atoms with E-state index in [4.69, 9.17) is 4.42 Å². The van der Waals surface area contributed by atoms with Crippen LogP contribution in [0.5, 0.6) is 5.75 Å². The number of alkyl halides is 3. The molecule has 0 aliphatic carbocycles. The first kappa shape index (κ1) is 40.8. The van der Waals surface area contributed by atoms with Crippen molar-refractivity contribution in [1.29, 1.82) is 0 Å². The molecule has 11 rings (SSSR count). The molecule has 0 aliphatic heterocycles. The van der Waals surface area contributed by atoms with E-state index in [0.29, 0.717) is 16.3 Å². The van der Waals surface area contributed by atoms with Gasteiger partial charge in [-0.05, 0) is 119 Å². The summed E-state index contributed by atoms with van der Waals surface area (Å²) in [5.41, 5.74) is 5.52. The van der Waals surface area contributed by atoms with Gasteiger partial charge in [-0.15, -0.1) is 0 Å². The summed E-state index contributed by atoms with van der Waals surface area (Å²) in [5, 5.41) is 23.5. The number of fused-ring (bicyclic) bond motifs is 5. The average Bonchev–Trinajstić information content (AvgIpc) is 3.69. The van der Waals surface area contributed by atoms with Crippen molar-refractivity contribution in [1.82, 2.24) is 0 Å². The molecule has 1 aromatic heterocycles. The van der Waals surface area contributed by atoms with Gasteiger partial charge in [0.1, 0.15) is 16.8 Å². The standard InChI is InChI=1S/C58H42F3O2PSi/c1-65(2,3)53-35-43(58(59,60)61)34-52(55(53)62)64(57-54(36-16-5-4-6-17-36)48-24-11-12-29-51(48)63-57)56-46(44-25-13-22-41-30-37-18-7-9-20-39(37)32-49(41)44)27-15-28-47(56)45-26-14-23-42-31-38-19-8-10-21-40(38)33-50(42)45/h4-35,62H,1-3H3. The molecule has 1 unspecified atom stereocenters. The molecule has 0 radical (unpaired) electrons. The smallest absolute Gasteiger partial charge is 0.416 e. The molecule has 7 heteroatoms. The van der Waals surface area contributed by atoms with E-state index in [1.807, 2.05) is 98.5 Å². The van der Waals surface area contributed by atoms with Crippen LogP contribution in [0.25, 0.3) is 87.4 Å². The summed E-state index contributed by atoms with van der Waals surface area (Å²) in [6, 6.07) is 64.3. The Labute approximate surface area is 377 Å². The average molecular weight is 887 g/mol. The predicted octanol–water partition coefficient (Wildman–Crippen LogP) is 15.1. The van der Waals surface area contributed by atoms with Crippen molar-refractivity contribution in [3.8, 4) is 39.1 Å². The molecule has 0 saturated heterocycles. The van der Waals surface area contributed by atoms with Crippen molar-refractivity contribution in [2.75, 3.05) is 0 Å². The van der Waals surface area contributed by atoms with Crippen LogP contribution in [0, 0.1) is 0 Å². The molecule has 11 aromatic rings. The first-order valence-electron chi connectivity index (χ1n) is 21.7. The number of para-hydroxylation sites is 1. The van der Waals surface area contributed by atoms with Crippen LogP contribution in [-0.4, -0.2) is 13.2 Å². The quantitative estimate of drug-likeness (QED) is 0.0983. The highest BCUT2D eigenvalue weighted by Gasteiger charge is 2.39. The summed E-state index contributed by atoms with van der Waals surface area (Å²) in [7, 11) is -4.77. The molecule has 316 valence electrons. The van der Waals surface area contributed by atoms with Crippen LogP contribution in [0.2, 0.25) is 19.6 Å². The Kier molecular flexibility index (Phi) is 9.80. The van der Waals surface area contributed by atoms with Crippen LogP contribution in [0.1, 0.15) is 5.56 Å². The third-order valence-electron chi connectivity index (χ3n) is 12.6. The van der Waals surface area contributed by atoms with Crippen LogP contribution in [0.15, 0.2) is 199 Å². The van der Waals surface area contributed by atoms with E-state index in [9.17, 15) is 5.11 Å². The number of rotatable bonds is 7. The SMILES string of the molecule is C[Si](C)(C)c1cc(C(F)(F)F)cc(P(c2oc3ccccc3c2-c2ccccc2)c2c(-c3cccc4cc5ccccc5cc34)cccc2-c2cccc3cc4ccccc4cc23)c1O. The lowest BCUT2D eigenvalue weighted by Crippen LogP contribution is -2.41. The Morgan fingerprint density at radius 1 is 0.477 bits per heavy atom. The van der Waals surface area contributed by atoms with Gasteiger partial charge in [0.25, 0.3) is 0 Å². The highest BCUT2D eigenvalue weighted by molar-refractivity contribution is 7.80. The number of phenols is 1. The number of hydrogen-bond donors (Lipinski definition) is 1. The summed E-state index contributed by atoms with van der Waals surface area (Å²) in [6.45, 7) is 5.93. The van der Waals surface area contributed by atoms with Gasteiger partial charge in [-0.3, -0.25) is 0 Å². The monoisotopic (exact) mass is 886 g/mol. The van der Waals surface area contributed by atoms with Crippen molar-refractivity contribution in [3.63, 3.8) is 0 Å². The highest BCUT2D eigenvalue weighted by Crippen LogP contribution is 2.50. The summed E-state index contributed by atoms with van der Waals surface area (Å²) in [5.74, 6) is -0.115. The van der Waals surface area contributed by atoms with Gasteiger partial charge in [0.05, 0.1) is 13.6 Å². The zero-order chi connectivity index (χ0) is 44.6. The summed E-state index contributed by atoms with van der Waals surface area (Å²) >= 11 is 0. The maximum atomic E-state index is 15.5. The fourth-order valence-corrected chi connectivity index (χ4v) is 13.9. The van der Waals surface area contributed by atoms with E-state index in [-0.39, 0.29) is 11.1 Å². The molecule has 0 fully saturated rings. The maximum absolute atomic E-state index is 15.5. The normalized spacial score (nSPS) is 12.8.